The highest BCUT2D eigenvalue weighted by molar-refractivity contribution is 8.14. The van der Waals surface area contributed by atoms with E-state index in [0.717, 1.165) is 29.4 Å². The molecule has 1 aromatic carbocycles. The number of carbonyl (C=O) groups excluding carboxylic acids is 1. The molecule has 1 aliphatic rings. The van der Waals surface area contributed by atoms with Gasteiger partial charge < -0.3 is 5.32 Å². The predicted octanol–water partition coefficient (Wildman–Crippen LogP) is 3.21. The largest absolute Gasteiger partial charge is 0.305 e. The van der Waals surface area contributed by atoms with E-state index in [1.165, 1.54) is 5.56 Å². The third kappa shape index (κ3) is 4.10. The maximum atomic E-state index is 12.2. The molecule has 20 heavy (non-hydrogen) atoms. The van der Waals surface area contributed by atoms with Crippen LogP contribution in [-0.2, 0) is 11.2 Å². The number of aliphatic imine (C=N–C) groups is 1. The predicted molar refractivity (Wildman–Crippen MR) is 86.3 cm³/mol. The Morgan fingerprint density at radius 1 is 1.30 bits per heavy atom. The van der Waals surface area contributed by atoms with Crippen LogP contribution in [0.25, 0.3) is 0 Å². The highest BCUT2D eigenvalue weighted by Gasteiger charge is 2.18. The quantitative estimate of drug-likeness (QED) is 0.925. The van der Waals surface area contributed by atoms with Crippen LogP contribution in [0.3, 0.4) is 0 Å². The number of amidine groups is 1. The molecule has 4 heteroatoms. The van der Waals surface area contributed by atoms with E-state index in [1.807, 2.05) is 6.92 Å². The van der Waals surface area contributed by atoms with Crippen molar-refractivity contribution in [2.45, 2.75) is 33.1 Å². The lowest BCUT2D eigenvalue weighted by Crippen LogP contribution is -2.31. The van der Waals surface area contributed by atoms with Gasteiger partial charge in [0.1, 0.15) is 0 Å². The minimum absolute atomic E-state index is 0.0229. The zero-order chi connectivity index (χ0) is 14.5. The van der Waals surface area contributed by atoms with Gasteiger partial charge in [-0.05, 0) is 30.4 Å². The average Bonchev–Trinajstić information content (AvgIpc) is 2.91. The number of hydrogen-bond acceptors (Lipinski definition) is 3. The molecule has 0 aliphatic carbocycles. The fourth-order valence-corrected chi connectivity index (χ4v) is 2.92. The Kier molecular flexibility index (Phi) is 5.24. The van der Waals surface area contributed by atoms with Gasteiger partial charge in [-0.15, -0.1) is 0 Å². The van der Waals surface area contributed by atoms with E-state index in [0.29, 0.717) is 5.92 Å². The molecule has 1 atom stereocenters. The molecule has 0 bridgehead atoms. The lowest BCUT2D eigenvalue weighted by molar-refractivity contribution is -0.120. The molecule has 0 aromatic heterocycles. The van der Waals surface area contributed by atoms with Gasteiger partial charge in [0.05, 0.1) is 12.5 Å². The van der Waals surface area contributed by atoms with Crippen molar-refractivity contribution in [1.29, 1.82) is 0 Å². The molecule has 0 saturated heterocycles. The first-order valence-electron chi connectivity index (χ1n) is 7.13. The monoisotopic (exact) mass is 290 g/mol. The minimum atomic E-state index is -0.146. The minimum Gasteiger partial charge on any atom is -0.305 e. The normalized spacial score (nSPS) is 16.1. The maximum absolute atomic E-state index is 12.2. The van der Waals surface area contributed by atoms with Gasteiger partial charge in [-0.1, -0.05) is 49.9 Å². The van der Waals surface area contributed by atoms with Crippen molar-refractivity contribution in [2.24, 2.45) is 10.9 Å². The number of amides is 1. The molecule has 1 heterocycles. The smallest absolute Gasteiger partial charge is 0.233 e. The fourth-order valence-electron chi connectivity index (χ4n) is 2.19. The molecule has 1 amide bonds. The van der Waals surface area contributed by atoms with Gasteiger partial charge in [0.15, 0.2) is 5.17 Å². The molecule has 3 nitrogen and oxygen atoms in total. The highest BCUT2D eigenvalue weighted by atomic mass is 32.2. The zero-order valence-corrected chi connectivity index (χ0v) is 13.2. The summed E-state index contributed by atoms with van der Waals surface area (Å²) in [4.78, 5) is 16.4. The number of nitrogens with one attached hydrogen (secondary N) is 1. The first-order valence-corrected chi connectivity index (χ1v) is 8.11. The number of hydrogen-bond donors (Lipinski definition) is 1. The second kappa shape index (κ2) is 6.93. The molecule has 0 unspecified atom stereocenters. The second-order valence-electron chi connectivity index (χ2n) is 5.59. The van der Waals surface area contributed by atoms with E-state index in [1.54, 1.807) is 11.8 Å². The summed E-state index contributed by atoms with van der Waals surface area (Å²) in [6.45, 7) is 7.17. The number of benzene rings is 1. The van der Waals surface area contributed by atoms with Crippen LogP contribution in [0.15, 0.2) is 29.3 Å². The highest BCUT2D eigenvalue weighted by Crippen LogP contribution is 2.19. The van der Waals surface area contributed by atoms with Crippen molar-refractivity contribution in [1.82, 2.24) is 5.32 Å². The SMILES string of the molecule is CC(C)Cc1ccc([C@H](C)C(=O)NC2=NCCS2)cc1. The van der Waals surface area contributed by atoms with Crippen LogP contribution >= 0.6 is 11.8 Å². The summed E-state index contributed by atoms with van der Waals surface area (Å²) < 4.78 is 0. The van der Waals surface area contributed by atoms with Crippen LogP contribution in [0.1, 0.15) is 37.8 Å². The summed E-state index contributed by atoms with van der Waals surface area (Å²) in [7, 11) is 0. The third-order valence-corrected chi connectivity index (χ3v) is 4.22. The van der Waals surface area contributed by atoms with Crippen LogP contribution in [0.5, 0.6) is 0 Å². The molecule has 0 fully saturated rings. The van der Waals surface area contributed by atoms with Crippen LogP contribution < -0.4 is 5.32 Å². The number of rotatable bonds is 4. The molecular weight excluding hydrogens is 268 g/mol. The van der Waals surface area contributed by atoms with Gasteiger partial charge in [0.2, 0.25) is 5.91 Å². The average molecular weight is 290 g/mol. The van der Waals surface area contributed by atoms with Gasteiger partial charge in [-0.25, -0.2) is 0 Å². The Balaban J connectivity index is 1.97. The van der Waals surface area contributed by atoms with Crippen LogP contribution in [-0.4, -0.2) is 23.4 Å². The fraction of sp³-hybridized carbons (Fsp3) is 0.500. The topological polar surface area (TPSA) is 41.5 Å². The van der Waals surface area contributed by atoms with Crippen LogP contribution in [0.4, 0.5) is 0 Å². The Morgan fingerprint density at radius 2 is 2.00 bits per heavy atom. The van der Waals surface area contributed by atoms with E-state index >= 15 is 0 Å². The molecule has 1 N–H and O–H groups in total. The third-order valence-electron chi connectivity index (χ3n) is 3.33. The summed E-state index contributed by atoms with van der Waals surface area (Å²) >= 11 is 1.61. The lowest BCUT2D eigenvalue weighted by Gasteiger charge is -2.13. The Labute approximate surface area is 125 Å². The molecule has 2 rings (SSSR count). The van der Waals surface area contributed by atoms with Gasteiger partial charge in [-0.3, -0.25) is 9.79 Å². The molecule has 1 aromatic rings. The summed E-state index contributed by atoms with van der Waals surface area (Å²) in [5, 5.41) is 3.66. The summed E-state index contributed by atoms with van der Waals surface area (Å²) in [6, 6.07) is 8.37. The van der Waals surface area contributed by atoms with Gasteiger partial charge >= 0.3 is 0 Å². The second-order valence-corrected chi connectivity index (χ2v) is 6.67. The van der Waals surface area contributed by atoms with Gasteiger partial charge in [-0.2, -0.15) is 0 Å². The van der Waals surface area contributed by atoms with E-state index in [2.05, 4.69) is 48.4 Å². The van der Waals surface area contributed by atoms with Crippen molar-refractivity contribution in [2.75, 3.05) is 12.3 Å². The molecule has 1 aliphatic heterocycles. The van der Waals surface area contributed by atoms with Crippen molar-refractivity contribution in [3.05, 3.63) is 35.4 Å². The Bertz CT molecular complexity index is 494. The standard InChI is InChI=1S/C16H22N2OS/c1-11(2)10-13-4-6-14(7-5-13)12(3)15(19)18-16-17-8-9-20-16/h4-7,11-12H,8-10H2,1-3H3,(H,17,18,19)/t12-/m0/s1. The lowest BCUT2D eigenvalue weighted by atomic mass is 9.96. The Hall–Kier alpha value is -1.29. The zero-order valence-electron chi connectivity index (χ0n) is 12.3. The maximum Gasteiger partial charge on any atom is 0.233 e. The van der Waals surface area contributed by atoms with E-state index in [4.69, 9.17) is 0 Å². The van der Waals surface area contributed by atoms with Crippen molar-refractivity contribution in [3.8, 4) is 0 Å². The summed E-state index contributed by atoms with van der Waals surface area (Å²) in [6.07, 6.45) is 1.08. The summed E-state index contributed by atoms with van der Waals surface area (Å²) in [5.41, 5.74) is 2.38. The first kappa shape index (κ1) is 15.1. The molecular formula is C16H22N2OS. The molecule has 108 valence electrons. The molecule has 0 radical (unpaired) electrons. The Morgan fingerprint density at radius 3 is 2.55 bits per heavy atom. The van der Waals surface area contributed by atoms with Gasteiger partial charge in [0.25, 0.3) is 0 Å². The van der Waals surface area contributed by atoms with Crippen LogP contribution in [0, 0.1) is 5.92 Å². The summed E-state index contributed by atoms with van der Waals surface area (Å²) in [5.74, 6) is 1.49. The van der Waals surface area contributed by atoms with Crippen molar-refractivity contribution < 1.29 is 4.79 Å². The van der Waals surface area contributed by atoms with E-state index < -0.39 is 0 Å². The molecule has 0 spiro atoms. The number of nitrogens with zero attached hydrogens (tertiary/aromatic N) is 1. The number of carbonyl (C=O) groups is 1. The van der Waals surface area contributed by atoms with Crippen molar-refractivity contribution >= 4 is 22.8 Å². The van der Waals surface area contributed by atoms with Crippen molar-refractivity contribution in [3.63, 3.8) is 0 Å². The first-order chi connectivity index (χ1) is 9.56. The van der Waals surface area contributed by atoms with Gasteiger partial charge in [0, 0.05) is 5.75 Å². The number of thioether (sulfide) groups is 1. The van der Waals surface area contributed by atoms with Crippen LogP contribution in [0.2, 0.25) is 0 Å². The van der Waals surface area contributed by atoms with E-state index in [9.17, 15) is 4.79 Å². The molecule has 0 saturated carbocycles. The van der Waals surface area contributed by atoms with E-state index in [-0.39, 0.29) is 11.8 Å².